The highest BCUT2D eigenvalue weighted by atomic mass is 16.3. The standard InChI is InChI=1S/C8H17NO/c1-2-3-8(6-9)4-7(10)5-8/h7,10H,2-6,9H2,1H3. The maximum Gasteiger partial charge on any atom is 0.0551 e. The average molecular weight is 143 g/mol. The Morgan fingerprint density at radius 2 is 2.20 bits per heavy atom. The summed E-state index contributed by atoms with van der Waals surface area (Å²) >= 11 is 0. The molecule has 60 valence electrons. The monoisotopic (exact) mass is 143 g/mol. The van der Waals surface area contributed by atoms with Crippen LogP contribution < -0.4 is 5.73 Å². The van der Waals surface area contributed by atoms with Crippen LogP contribution in [-0.4, -0.2) is 17.8 Å². The third kappa shape index (κ3) is 1.32. The van der Waals surface area contributed by atoms with E-state index >= 15 is 0 Å². The van der Waals surface area contributed by atoms with Crippen molar-refractivity contribution in [3.05, 3.63) is 0 Å². The number of hydrogen-bond donors (Lipinski definition) is 2. The lowest BCUT2D eigenvalue weighted by Crippen LogP contribution is -2.45. The molecule has 2 heteroatoms. The topological polar surface area (TPSA) is 46.2 Å². The zero-order valence-corrected chi connectivity index (χ0v) is 6.64. The summed E-state index contributed by atoms with van der Waals surface area (Å²) in [6.07, 6.45) is 4.16. The number of nitrogens with two attached hydrogens (primary N) is 1. The van der Waals surface area contributed by atoms with Crippen molar-refractivity contribution in [3.63, 3.8) is 0 Å². The molecule has 2 nitrogen and oxygen atoms in total. The molecule has 0 aromatic carbocycles. The smallest absolute Gasteiger partial charge is 0.0551 e. The molecule has 1 saturated carbocycles. The minimum Gasteiger partial charge on any atom is -0.393 e. The molecule has 0 unspecified atom stereocenters. The molecule has 1 aliphatic carbocycles. The molecule has 1 aliphatic rings. The molecule has 0 radical (unpaired) electrons. The molecular formula is C8H17NO. The molecule has 0 aromatic heterocycles. The number of aliphatic hydroxyl groups excluding tert-OH is 1. The van der Waals surface area contributed by atoms with Gasteiger partial charge in [-0.25, -0.2) is 0 Å². The average Bonchev–Trinajstić information content (AvgIpc) is 1.84. The zero-order valence-electron chi connectivity index (χ0n) is 6.64. The molecule has 1 rings (SSSR count). The van der Waals surface area contributed by atoms with E-state index in [-0.39, 0.29) is 6.10 Å². The van der Waals surface area contributed by atoms with Crippen molar-refractivity contribution in [2.45, 2.75) is 38.7 Å². The highest BCUT2D eigenvalue weighted by Gasteiger charge is 2.41. The second-order valence-corrected chi connectivity index (χ2v) is 3.52. The Kier molecular flexibility index (Phi) is 2.32. The van der Waals surface area contributed by atoms with Crippen LogP contribution in [-0.2, 0) is 0 Å². The van der Waals surface area contributed by atoms with Crippen LogP contribution in [0.15, 0.2) is 0 Å². The minimum absolute atomic E-state index is 0.0601. The molecule has 0 atom stereocenters. The second-order valence-electron chi connectivity index (χ2n) is 3.52. The van der Waals surface area contributed by atoms with Gasteiger partial charge in [-0.1, -0.05) is 13.3 Å². The van der Waals surface area contributed by atoms with E-state index in [2.05, 4.69) is 6.92 Å². The number of aliphatic hydroxyl groups is 1. The highest BCUT2D eigenvalue weighted by Crippen LogP contribution is 2.43. The van der Waals surface area contributed by atoms with Crippen LogP contribution in [0.5, 0.6) is 0 Å². The van der Waals surface area contributed by atoms with E-state index in [1.807, 2.05) is 0 Å². The van der Waals surface area contributed by atoms with Gasteiger partial charge in [0.15, 0.2) is 0 Å². The summed E-state index contributed by atoms with van der Waals surface area (Å²) in [5.41, 5.74) is 5.92. The minimum atomic E-state index is -0.0601. The molecule has 0 aromatic rings. The van der Waals surface area contributed by atoms with Crippen LogP contribution in [0, 0.1) is 5.41 Å². The predicted molar refractivity (Wildman–Crippen MR) is 41.6 cm³/mol. The van der Waals surface area contributed by atoms with Gasteiger partial charge in [0.2, 0.25) is 0 Å². The Morgan fingerprint density at radius 3 is 2.50 bits per heavy atom. The van der Waals surface area contributed by atoms with Gasteiger partial charge in [0.25, 0.3) is 0 Å². The van der Waals surface area contributed by atoms with Gasteiger partial charge in [-0.05, 0) is 31.2 Å². The van der Waals surface area contributed by atoms with Crippen LogP contribution in [0.3, 0.4) is 0 Å². The lowest BCUT2D eigenvalue weighted by atomic mass is 9.64. The van der Waals surface area contributed by atoms with E-state index in [0.717, 1.165) is 19.4 Å². The molecule has 0 aliphatic heterocycles. The second kappa shape index (κ2) is 2.89. The predicted octanol–water partition coefficient (Wildman–Crippen LogP) is 0.886. The molecular weight excluding hydrogens is 126 g/mol. The fraction of sp³-hybridized carbons (Fsp3) is 1.00. The first-order valence-electron chi connectivity index (χ1n) is 4.10. The van der Waals surface area contributed by atoms with Crippen molar-refractivity contribution in [2.75, 3.05) is 6.54 Å². The third-order valence-corrected chi connectivity index (χ3v) is 2.55. The van der Waals surface area contributed by atoms with E-state index in [9.17, 15) is 0 Å². The third-order valence-electron chi connectivity index (χ3n) is 2.55. The normalized spacial score (nSPS) is 39.3. The van der Waals surface area contributed by atoms with Crippen molar-refractivity contribution in [3.8, 4) is 0 Å². The summed E-state index contributed by atoms with van der Waals surface area (Å²) in [6.45, 7) is 2.92. The van der Waals surface area contributed by atoms with Crippen LogP contribution in [0.4, 0.5) is 0 Å². The fourth-order valence-electron chi connectivity index (χ4n) is 1.94. The molecule has 0 amide bonds. The Balaban J connectivity index is 2.32. The molecule has 10 heavy (non-hydrogen) atoms. The molecule has 1 fully saturated rings. The lowest BCUT2D eigenvalue weighted by Gasteiger charge is -2.44. The molecule has 0 bridgehead atoms. The van der Waals surface area contributed by atoms with Crippen LogP contribution in [0.1, 0.15) is 32.6 Å². The van der Waals surface area contributed by atoms with Crippen LogP contribution in [0.25, 0.3) is 0 Å². The number of rotatable bonds is 3. The molecule has 0 spiro atoms. The van der Waals surface area contributed by atoms with E-state index in [4.69, 9.17) is 10.8 Å². The van der Waals surface area contributed by atoms with E-state index < -0.39 is 0 Å². The Morgan fingerprint density at radius 1 is 1.60 bits per heavy atom. The summed E-state index contributed by atoms with van der Waals surface area (Å²) in [5.74, 6) is 0. The summed E-state index contributed by atoms with van der Waals surface area (Å²) in [6, 6.07) is 0. The van der Waals surface area contributed by atoms with E-state index in [1.165, 1.54) is 12.8 Å². The van der Waals surface area contributed by atoms with E-state index in [1.54, 1.807) is 0 Å². The van der Waals surface area contributed by atoms with Crippen molar-refractivity contribution in [1.82, 2.24) is 0 Å². The molecule has 3 N–H and O–H groups in total. The molecule has 0 heterocycles. The summed E-state index contributed by atoms with van der Waals surface area (Å²) in [4.78, 5) is 0. The maximum absolute atomic E-state index is 9.09. The lowest BCUT2D eigenvalue weighted by molar-refractivity contribution is -0.0317. The van der Waals surface area contributed by atoms with Crippen molar-refractivity contribution < 1.29 is 5.11 Å². The first-order chi connectivity index (χ1) is 4.72. The maximum atomic E-state index is 9.09. The van der Waals surface area contributed by atoms with Gasteiger partial charge in [0.1, 0.15) is 0 Å². The quantitative estimate of drug-likeness (QED) is 0.616. The first kappa shape index (κ1) is 8.02. The Hall–Kier alpha value is -0.0800. The number of hydrogen-bond acceptors (Lipinski definition) is 2. The van der Waals surface area contributed by atoms with Gasteiger partial charge in [0, 0.05) is 0 Å². The Bertz CT molecular complexity index is 102. The van der Waals surface area contributed by atoms with Crippen LogP contribution >= 0.6 is 0 Å². The SMILES string of the molecule is CCCC1(CN)CC(O)C1. The first-order valence-corrected chi connectivity index (χ1v) is 4.10. The summed E-state index contributed by atoms with van der Waals surface area (Å²) in [7, 11) is 0. The van der Waals surface area contributed by atoms with Crippen molar-refractivity contribution in [2.24, 2.45) is 11.1 Å². The summed E-state index contributed by atoms with van der Waals surface area (Å²) < 4.78 is 0. The zero-order chi connectivity index (χ0) is 7.61. The van der Waals surface area contributed by atoms with Gasteiger partial charge < -0.3 is 10.8 Å². The largest absolute Gasteiger partial charge is 0.393 e. The van der Waals surface area contributed by atoms with Gasteiger partial charge in [-0.15, -0.1) is 0 Å². The van der Waals surface area contributed by atoms with E-state index in [0.29, 0.717) is 5.41 Å². The highest BCUT2D eigenvalue weighted by molar-refractivity contribution is 4.93. The summed E-state index contributed by atoms with van der Waals surface area (Å²) in [5, 5.41) is 9.09. The van der Waals surface area contributed by atoms with Gasteiger partial charge in [0.05, 0.1) is 6.10 Å². The van der Waals surface area contributed by atoms with Crippen molar-refractivity contribution >= 4 is 0 Å². The van der Waals surface area contributed by atoms with Gasteiger partial charge in [-0.2, -0.15) is 0 Å². The fourth-order valence-corrected chi connectivity index (χ4v) is 1.94. The van der Waals surface area contributed by atoms with Gasteiger partial charge >= 0.3 is 0 Å². The molecule has 0 saturated heterocycles. The van der Waals surface area contributed by atoms with Crippen molar-refractivity contribution in [1.29, 1.82) is 0 Å². The van der Waals surface area contributed by atoms with Crippen LogP contribution in [0.2, 0.25) is 0 Å². The van der Waals surface area contributed by atoms with Gasteiger partial charge in [-0.3, -0.25) is 0 Å². The Labute approximate surface area is 62.4 Å².